The minimum atomic E-state index is -0.655. The first-order valence-corrected chi connectivity index (χ1v) is 6.30. The molecule has 0 saturated carbocycles. The number of hydrogen-bond acceptors (Lipinski definition) is 5. The molecule has 2 rings (SSSR count). The lowest BCUT2D eigenvalue weighted by molar-refractivity contribution is 0.0639. The third-order valence-electron chi connectivity index (χ3n) is 3.47. The van der Waals surface area contributed by atoms with Gasteiger partial charge < -0.3 is 25.1 Å². The van der Waals surface area contributed by atoms with Gasteiger partial charge in [0.25, 0.3) is 5.91 Å². The SMILES string of the molecule is CCN1CCN(C(=O)c2ccc(O)c(O)c2O)CC1. The summed E-state index contributed by atoms with van der Waals surface area (Å²) < 4.78 is 0. The third kappa shape index (κ3) is 2.58. The highest BCUT2D eigenvalue weighted by Crippen LogP contribution is 2.37. The summed E-state index contributed by atoms with van der Waals surface area (Å²) in [6.07, 6.45) is 0. The molecule has 19 heavy (non-hydrogen) atoms. The quantitative estimate of drug-likeness (QED) is 0.682. The fraction of sp³-hybridized carbons (Fsp3) is 0.462. The van der Waals surface area contributed by atoms with E-state index in [0.29, 0.717) is 13.1 Å². The Labute approximate surface area is 111 Å². The molecule has 1 saturated heterocycles. The van der Waals surface area contributed by atoms with Crippen molar-refractivity contribution >= 4 is 5.91 Å². The molecule has 1 aromatic rings. The van der Waals surface area contributed by atoms with Crippen LogP contribution in [0.3, 0.4) is 0 Å². The van der Waals surface area contributed by atoms with Gasteiger partial charge in [-0.3, -0.25) is 4.79 Å². The Bertz CT molecular complexity index is 482. The molecule has 1 aliphatic rings. The highest BCUT2D eigenvalue weighted by molar-refractivity contribution is 5.98. The summed E-state index contributed by atoms with van der Waals surface area (Å²) in [4.78, 5) is 16.1. The summed E-state index contributed by atoms with van der Waals surface area (Å²) in [6, 6.07) is 2.52. The van der Waals surface area contributed by atoms with Crippen molar-refractivity contribution in [1.82, 2.24) is 9.80 Å². The number of piperazine rings is 1. The molecule has 0 radical (unpaired) electrons. The molecule has 0 aromatic heterocycles. The van der Waals surface area contributed by atoms with E-state index < -0.39 is 17.2 Å². The van der Waals surface area contributed by atoms with Gasteiger partial charge in [0.15, 0.2) is 11.5 Å². The van der Waals surface area contributed by atoms with E-state index in [1.807, 2.05) is 0 Å². The lowest BCUT2D eigenvalue weighted by Crippen LogP contribution is -2.48. The summed E-state index contributed by atoms with van der Waals surface area (Å²) >= 11 is 0. The summed E-state index contributed by atoms with van der Waals surface area (Å²) in [6.45, 7) is 5.80. The van der Waals surface area contributed by atoms with Crippen molar-refractivity contribution in [3.8, 4) is 17.2 Å². The van der Waals surface area contributed by atoms with Crippen LogP contribution in [0.2, 0.25) is 0 Å². The number of carbonyl (C=O) groups is 1. The van der Waals surface area contributed by atoms with E-state index in [-0.39, 0.29) is 11.5 Å². The molecule has 1 amide bonds. The molecule has 104 valence electrons. The van der Waals surface area contributed by atoms with Crippen molar-refractivity contribution in [2.24, 2.45) is 0 Å². The zero-order valence-electron chi connectivity index (χ0n) is 10.8. The number of amides is 1. The van der Waals surface area contributed by atoms with Crippen LogP contribution in [-0.2, 0) is 0 Å². The second kappa shape index (κ2) is 5.36. The van der Waals surface area contributed by atoms with Crippen molar-refractivity contribution in [3.63, 3.8) is 0 Å². The number of carbonyl (C=O) groups excluding carboxylic acids is 1. The number of hydrogen-bond donors (Lipinski definition) is 3. The molecule has 0 spiro atoms. The summed E-state index contributed by atoms with van der Waals surface area (Å²) in [5.41, 5.74) is 0.0141. The summed E-state index contributed by atoms with van der Waals surface area (Å²) in [5.74, 6) is -1.99. The number of benzene rings is 1. The smallest absolute Gasteiger partial charge is 0.257 e. The first-order valence-electron chi connectivity index (χ1n) is 6.30. The molecule has 0 unspecified atom stereocenters. The zero-order valence-corrected chi connectivity index (χ0v) is 10.8. The Morgan fingerprint density at radius 3 is 2.32 bits per heavy atom. The van der Waals surface area contributed by atoms with Crippen molar-refractivity contribution in [2.75, 3.05) is 32.7 Å². The highest BCUT2D eigenvalue weighted by atomic mass is 16.3. The van der Waals surface area contributed by atoms with Crippen LogP contribution in [0.5, 0.6) is 17.2 Å². The van der Waals surface area contributed by atoms with Gasteiger partial charge in [0.1, 0.15) is 0 Å². The standard InChI is InChI=1S/C13H18N2O4/c1-2-14-5-7-15(8-6-14)13(19)9-3-4-10(16)12(18)11(9)17/h3-4,16-18H,2,5-8H2,1H3. The highest BCUT2D eigenvalue weighted by Gasteiger charge is 2.25. The molecule has 3 N–H and O–H groups in total. The maximum Gasteiger partial charge on any atom is 0.257 e. The molecular formula is C13H18N2O4. The van der Waals surface area contributed by atoms with Crippen LogP contribution in [0.15, 0.2) is 12.1 Å². The maximum absolute atomic E-state index is 12.2. The van der Waals surface area contributed by atoms with Gasteiger partial charge in [-0.1, -0.05) is 6.92 Å². The summed E-state index contributed by atoms with van der Waals surface area (Å²) in [5, 5.41) is 28.4. The first-order chi connectivity index (χ1) is 9.04. The van der Waals surface area contributed by atoms with Gasteiger partial charge in [0.05, 0.1) is 5.56 Å². The van der Waals surface area contributed by atoms with E-state index >= 15 is 0 Å². The fourth-order valence-corrected chi connectivity index (χ4v) is 2.18. The van der Waals surface area contributed by atoms with E-state index in [1.54, 1.807) is 4.90 Å². The van der Waals surface area contributed by atoms with E-state index in [2.05, 4.69) is 11.8 Å². The van der Waals surface area contributed by atoms with Crippen molar-refractivity contribution in [2.45, 2.75) is 6.92 Å². The van der Waals surface area contributed by atoms with Crippen LogP contribution in [-0.4, -0.2) is 63.8 Å². The molecule has 0 atom stereocenters. The molecular weight excluding hydrogens is 248 g/mol. The largest absolute Gasteiger partial charge is 0.504 e. The molecule has 0 bridgehead atoms. The first kappa shape index (κ1) is 13.5. The van der Waals surface area contributed by atoms with E-state index in [1.165, 1.54) is 12.1 Å². The zero-order chi connectivity index (χ0) is 14.0. The maximum atomic E-state index is 12.2. The van der Waals surface area contributed by atoms with Gasteiger partial charge in [-0.2, -0.15) is 0 Å². The number of likely N-dealkylation sites (N-methyl/N-ethyl adjacent to an activating group) is 1. The van der Waals surface area contributed by atoms with E-state index in [4.69, 9.17) is 0 Å². The molecule has 0 aliphatic carbocycles. The van der Waals surface area contributed by atoms with Gasteiger partial charge >= 0.3 is 0 Å². The lowest BCUT2D eigenvalue weighted by Gasteiger charge is -2.34. The van der Waals surface area contributed by atoms with Crippen LogP contribution >= 0.6 is 0 Å². The molecule has 6 heteroatoms. The Hall–Kier alpha value is -1.95. The Balaban J connectivity index is 2.15. The predicted octanol–water partition coefficient (Wildman–Crippen LogP) is 0.581. The van der Waals surface area contributed by atoms with Gasteiger partial charge in [0.2, 0.25) is 5.75 Å². The number of rotatable bonds is 2. The van der Waals surface area contributed by atoms with Crippen LogP contribution < -0.4 is 0 Å². The number of phenols is 3. The van der Waals surface area contributed by atoms with Gasteiger partial charge in [-0.25, -0.2) is 0 Å². The minimum Gasteiger partial charge on any atom is -0.504 e. The van der Waals surface area contributed by atoms with Crippen LogP contribution in [0.25, 0.3) is 0 Å². The van der Waals surface area contributed by atoms with E-state index in [0.717, 1.165) is 19.6 Å². The van der Waals surface area contributed by atoms with Gasteiger partial charge in [-0.15, -0.1) is 0 Å². The molecule has 1 aliphatic heterocycles. The average molecular weight is 266 g/mol. The molecule has 1 fully saturated rings. The monoisotopic (exact) mass is 266 g/mol. The number of aromatic hydroxyl groups is 3. The average Bonchev–Trinajstić information content (AvgIpc) is 2.44. The van der Waals surface area contributed by atoms with Crippen molar-refractivity contribution < 1.29 is 20.1 Å². The Morgan fingerprint density at radius 2 is 1.74 bits per heavy atom. The Kier molecular flexibility index (Phi) is 3.80. The number of phenolic OH excluding ortho intramolecular Hbond substituents is 3. The Morgan fingerprint density at radius 1 is 1.11 bits per heavy atom. The van der Waals surface area contributed by atoms with E-state index in [9.17, 15) is 20.1 Å². The van der Waals surface area contributed by atoms with Crippen molar-refractivity contribution in [1.29, 1.82) is 0 Å². The minimum absolute atomic E-state index is 0.0141. The van der Waals surface area contributed by atoms with Crippen molar-refractivity contribution in [3.05, 3.63) is 17.7 Å². The predicted molar refractivity (Wildman–Crippen MR) is 69.5 cm³/mol. The molecule has 6 nitrogen and oxygen atoms in total. The second-order valence-corrected chi connectivity index (χ2v) is 4.56. The van der Waals surface area contributed by atoms with Crippen LogP contribution in [0.1, 0.15) is 17.3 Å². The molecule has 1 aromatic carbocycles. The topological polar surface area (TPSA) is 84.2 Å². The van der Waals surface area contributed by atoms with Crippen LogP contribution in [0, 0.1) is 0 Å². The fourth-order valence-electron chi connectivity index (χ4n) is 2.18. The second-order valence-electron chi connectivity index (χ2n) is 4.56. The van der Waals surface area contributed by atoms with Gasteiger partial charge in [0, 0.05) is 26.2 Å². The van der Waals surface area contributed by atoms with Crippen LogP contribution in [0.4, 0.5) is 0 Å². The molecule has 1 heterocycles. The normalized spacial score (nSPS) is 16.6. The number of nitrogens with zero attached hydrogens (tertiary/aromatic N) is 2. The van der Waals surface area contributed by atoms with Gasteiger partial charge in [-0.05, 0) is 18.7 Å². The summed E-state index contributed by atoms with van der Waals surface area (Å²) in [7, 11) is 0. The third-order valence-corrected chi connectivity index (χ3v) is 3.47. The lowest BCUT2D eigenvalue weighted by atomic mass is 10.1.